The van der Waals surface area contributed by atoms with E-state index in [9.17, 15) is 9.59 Å². The molecule has 94 valence electrons. The van der Waals surface area contributed by atoms with Crippen molar-refractivity contribution in [3.8, 4) is 0 Å². The summed E-state index contributed by atoms with van der Waals surface area (Å²) in [6, 6.07) is 0. The lowest BCUT2D eigenvalue weighted by Gasteiger charge is -2.31. The SMILES string of the molecule is O=C1CCC2(CC1)C(=O)Nc1ncc(Br)c(Cl)c12. The first-order valence-corrected chi connectivity index (χ1v) is 6.89. The van der Waals surface area contributed by atoms with Gasteiger partial charge in [0.25, 0.3) is 0 Å². The van der Waals surface area contributed by atoms with E-state index in [0.29, 0.717) is 41.0 Å². The Morgan fingerprint density at radius 2 is 2.00 bits per heavy atom. The minimum absolute atomic E-state index is 0.0856. The smallest absolute Gasteiger partial charge is 0.236 e. The van der Waals surface area contributed by atoms with Crippen molar-refractivity contribution >= 4 is 45.0 Å². The first-order chi connectivity index (χ1) is 8.54. The van der Waals surface area contributed by atoms with Crippen LogP contribution in [0.3, 0.4) is 0 Å². The van der Waals surface area contributed by atoms with Gasteiger partial charge in [0.1, 0.15) is 11.6 Å². The molecular weight excluding hydrogens is 320 g/mol. The standard InChI is InChI=1S/C12H10BrClN2O2/c13-7-5-15-10-8(9(7)14)12(11(18)16-10)3-1-6(17)2-4-12/h5H,1-4H2,(H,15,16,18). The Balaban J connectivity index is 2.16. The van der Waals surface area contributed by atoms with Crippen molar-refractivity contribution in [2.24, 2.45) is 0 Å². The summed E-state index contributed by atoms with van der Waals surface area (Å²) in [5.41, 5.74) is 0.0768. The van der Waals surface area contributed by atoms with Gasteiger partial charge < -0.3 is 5.32 Å². The Morgan fingerprint density at radius 1 is 1.33 bits per heavy atom. The molecule has 1 saturated carbocycles. The van der Waals surface area contributed by atoms with Gasteiger partial charge in [-0.25, -0.2) is 4.98 Å². The van der Waals surface area contributed by atoms with E-state index < -0.39 is 5.41 Å². The van der Waals surface area contributed by atoms with Crippen molar-refractivity contribution in [2.45, 2.75) is 31.1 Å². The first kappa shape index (κ1) is 12.1. The number of rotatable bonds is 0. The average molecular weight is 330 g/mol. The number of anilines is 1. The van der Waals surface area contributed by atoms with E-state index >= 15 is 0 Å². The number of hydrogen-bond acceptors (Lipinski definition) is 3. The summed E-state index contributed by atoms with van der Waals surface area (Å²) in [7, 11) is 0. The second kappa shape index (κ2) is 4.03. The van der Waals surface area contributed by atoms with Crippen LogP contribution in [0, 0.1) is 0 Å². The van der Waals surface area contributed by atoms with E-state index in [2.05, 4.69) is 26.2 Å². The fourth-order valence-corrected chi connectivity index (χ4v) is 3.39. The van der Waals surface area contributed by atoms with Crippen LogP contribution in [0.15, 0.2) is 10.7 Å². The second-order valence-electron chi connectivity index (χ2n) is 4.72. The van der Waals surface area contributed by atoms with Gasteiger partial charge in [0.05, 0.1) is 14.9 Å². The molecule has 0 aromatic carbocycles. The third-order valence-corrected chi connectivity index (χ3v) is 5.00. The normalized spacial score (nSPS) is 21.0. The molecule has 1 aromatic heterocycles. The van der Waals surface area contributed by atoms with Gasteiger partial charge in [-0.3, -0.25) is 9.59 Å². The van der Waals surface area contributed by atoms with Crippen molar-refractivity contribution in [3.63, 3.8) is 0 Å². The average Bonchev–Trinajstić information content (AvgIpc) is 2.62. The summed E-state index contributed by atoms with van der Waals surface area (Å²) in [5.74, 6) is 0.654. The maximum absolute atomic E-state index is 12.2. The molecule has 18 heavy (non-hydrogen) atoms. The minimum Gasteiger partial charge on any atom is -0.310 e. The van der Waals surface area contributed by atoms with Crippen LogP contribution in [0.2, 0.25) is 5.02 Å². The van der Waals surface area contributed by atoms with Gasteiger partial charge in [0.2, 0.25) is 5.91 Å². The van der Waals surface area contributed by atoms with E-state index in [4.69, 9.17) is 11.6 Å². The largest absolute Gasteiger partial charge is 0.310 e. The fraction of sp³-hybridized carbons (Fsp3) is 0.417. The van der Waals surface area contributed by atoms with Crippen molar-refractivity contribution < 1.29 is 9.59 Å². The van der Waals surface area contributed by atoms with Crippen LogP contribution in [0.1, 0.15) is 31.2 Å². The first-order valence-electron chi connectivity index (χ1n) is 5.72. The summed E-state index contributed by atoms with van der Waals surface area (Å²) in [6.45, 7) is 0. The number of fused-ring (bicyclic) bond motifs is 2. The third-order valence-electron chi connectivity index (χ3n) is 3.78. The molecule has 1 spiro atoms. The third kappa shape index (κ3) is 1.53. The number of Topliss-reactive ketones (excluding diaryl/α,β-unsaturated/α-hetero) is 1. The highest BCUT2D eigenvalue weighted by atomic mass is 79.9. The molecule has 0 bridgehead atoms. The van der Waals surface area contributed by atoms with Gasteiger partial charge in [-0.15, -0.1) is 0 Å². The van der Waals surface area contributed by atoms with E-state index in [1.165, 1.54) is 0 Å². The van der Waals surface area contributed by atoms with Crippen LogP contribution in [0.5, 0.6) is 0 Å². The molecule has 1 amide bonds. The molecule has 4 nitrogen and oxygen atoms in total. The molecule has 0 unspecified atom stereocenters. The summed E-state index contributed by atoms with van der Waals surface area (Å²) in [4.78, 5) is 27.8. The molecule has 6 heteroatoms. The Labute approximate surface area is 117 Å². The molecular formula is C12H10BrClN2O2. The number of amides is 1. The zero-order chi connectivity index (χ0) is 12.9. The Hall–Kier alpha value is -0.940. The summed E-state index contributed by atoms with van der Waals surface area (Å²) < 4.78 is 0.677. The molecule has 1 fully saturated rings. The number of pyridine rings is 1. The van der Waals surface area contributed by atoms with Crippen molar-refractivity contribution in [3.05, 3.63) is 21.3 Å². The van der Waals surface area contributed by atoms with E-state index in [1.54, 1.807) is 6.20 Å². The number of aromatic nitrogens is 1. The van der Waals surface area contributed by atoms with Crippen LogP contribution >= 0.6 is 27.5 Å². The van der Waals surface area contributed by atoms with E-state index in [1.807, 2.05) is 0 Å². The highest BCUT2D eigenvalue weighted by Crippen LogP contribution is 2.50. The number of carbonyl (C=O) groups is 2. The molecule has 2 heterocycles. The number of nitrogens with zero attached hydrogens (tertiary/aromatic N) is 1. The topological polar surface area (TPSA) is 59.1 Å². The Kier molecular flexibility index (Phi) is 2.71. The lowest BCUT2D eigenvalue weighted by Crippen LogP contribution is -2.38. The van der Waals surface area contributed by atoms with Crippen LogP contribution in [-0.2, 0) is 15.0 Å². The zero-order valence-electron chi connectivity index (χ0n) is 9.43. The summed E-state index contributed by atoms with van der Waals surface area (Å²) in [6.07, 6.45) is 3.46. The monoisotopic (exact) mass is 328 g/mol. The van der Waals surface area contributed by atoms with Crippen LogP contribution in [0.25, 0.3) is 0 Å². The van der Waals surface area contributed by atoms with Crippen LogP contribution < -0.4 is 5.32 Å². The molecule has 0 saturated heterocycles. The van der Waals surface area contributed by atoms with Gasteiger partial charge in [-0.05, 0) is 28.8 Å². The minimum atomic E-state index is -0.670. The van der Waals surface area contributed by atoms with Crippen molar-refractivity contribution in [1.82, 2.24) is 4.98 Å². The molecule has 1 aliphatic carbocycles. The van der Waals surface area contributed by atoms with Crippen molar-refractivity contribution in [1.29, 1.82) is 0 Å². The van der Waals surface area contributed by atoms with Gasteiger partial charge in [0, 0.05) is 24.6 Å². The zero-order valence-corrected chi connectivity index (χ0v) is 11.8. The predicted molar refractivity (Wildman–Crippen MR) is 70.7 cm³/mol. The maximum atomic E-state index is 12.2. The van der Waals surface area contributed by atoms with Gasteiger partial charge in [-0.2, -0.15) is 0 Å². The lowest BCUT2D eigenvalue weighted by atomic mass is 9.70. The second-order valence-corrected chi connectivity index (χ2v) is 5.95. The van der Waals surface area contributed by atoms with E-state index in [-0.39, 0.29) is 11.7 Å². The molecule has 0 atom stereocenters. The number of nitrogens with one attached hydrogen (secondary N) is 1. The van der Waals surface area contributed by atoms with Crippen LogP contribution in [0.4, 0.5) is 5.82 Å². The summed E-state index contributed by atoms with van der Waals surface area (Å²) in [5, 5.41) is 3.30. The van der Waals surface area contributed by atoms with Gasteiger partial charge in [-0.1, -0.05) is 11.6 Å². The van der Waals surface area contributed by atoms with Crippen LogP contribution in [-0.4, -0.2) is 16.7 Å². The van der Waals surface area contributed by atoms with E-state index in [0.717, 1.165) is 5.56 Å². The quantitative estimate of drug-likeness (QED) is 0.796. The molecule has 3 rings (SSSR count). The highest BCUT2D eigenvalue weighted by Gasteiger charge is 2.50. The number of halogens is 2. The lowest BCUT2D eigenvalue weighted by molar-refractivity contribution is -0.126. The Morgan fingerprint density at radius 3 is 2.67 bits per heavy atom. The number of hydrogen-bond donors (Lipinski definition) is 1. The molecule has 0 radical (unpaired) electrons. The van der Waals surface area contributed by atoms with Gasteiger partial charge in [0.15, 0.2) is 0 Å². The Bertz CT molecular complexity index is 563. The maximum Gasteiger partial charge on any atom is 0.236 e. The fourth-order valence-electron chi connectivity index (χ4n) is 2.77. The van der Waals surface area contributed by atoms with Gasteiger partial charge >= 0.3 is 0 Å². The molecule has 1 N–H and O–H groups in total. The number of ketones is 1. The number of carbonyl (C=O) groups excluding carboxylic acids is 2. The van der Waals surface area contributed by atoms with Crippen molar-refractivity contribution in [2.75, 3.05) is 5.32 Å². The highest BCUT2D eigenvalue weighted by molar-refractivity contribution is 9.10. The molecule has 1 aliphatic heterocycles. The predicted octanol–water partition coefficient (Wildman–Crippen LogP) is 2.83. The molecule has 1 aromatic rings. The molecule has 2 aliphatic rings. The summed E-state index contributed by atoms with van der Waals surface area (Å²) >= 11 is 9.63.